The maximum atomic E-state index is 12.9. The number of anilines is 2. The number of thiazole rings is 1. The Kier molecular flexibility index (Phi) is 5.94. The molecule has 3 aromatic rings. The third-order valence-electron chi connectivity index (χ3n) is 9.09. The first kappa shape index (κ1) is 24.4. The van der Waals surface area contributed by atoms with Crippen molar-refractivity contribution < 1.29 is 4.74 Å². The van der Waals surface area contributed by atoms with Crippen molar-refractivity contribution in [1.29, 1.82) is 0 Å². The summed E-state index contributed by atoms with van der Waals surface area (Å²) >= 11 is 7.78. The van der Waals surface area contributed by atoms with Gasteiger partial charge in [0.15, 0.2) is 5.82 Å². The van der Waals surface area contributed by atoms with Crippen LogP contribution >= 0.6 is 22.9 Å². The summed E-state index contributed by atoms with van der Waals surface area (Å²) in [5.74, 6) is 2.90. The van der Waals surface area contributed by atoms with Crippen molar-refractivity contribution in [2.24, 2.45) is 17.3 Å². The Morgan fingerprint density at radius 2 is 2.00 bits per heavy atom. The van der Waals surface area contributed by atoms with Crippen molar-refractivity contribution in [2.45, 2.75) is 69.8 Å². The van der Waals surface area contributed by atoms with Crippen molar-refractivity contribution in [1.82, 2.24) is 20.3 Å². The highest BCUT2D eigenvalue weighted by atomic mass is 35.5. The molecule has 38 heavy (non-hydrogen) atoms. The highest BCUT2D eigenvalue weighted by Crippen LogP contribution is 2.64. The average Bonchev–Trinajstić information content (AvgIpc) is 3.53. The van der Waals surface area contributed by atoms with E-state index in [2.05, 4.69) is 37.4 Å². The molecule has 4 fully saturated rings. The molecule has 3 N–H and O–H groups in total. The molecule has 10 heteroatoms. The van der Waals surface area contributed by atoms with Gasteiger partial charge in [0.1, 0.15) is 28.7 Å². The minimum atomic E-state index is -0.116. The second-order valence-electron chi connectivity index (χ2n) is 11.9. The number of H-pyrrole nitrogens is 1. The van der Waals surface area contributed by atoms with Gasteiger partial charge in [-0.05, 0) is 81.5 Å². The Morgan fingerprint density at radius 3 is 2.74 bits per heavy atom. The third kappa shape index (κ3) is 4.28. The molecule has 0 saturated heterocycles. The lowest BCUT2D eigenvalue weighted by molar-refractivity contribution is -0.0910. The minimum absolute atomic E-state index is 0.00305. The zero-order chi connectivity index (χ0) is 25.9. The summed E-state index contributed by atoms with van der Waals surface area (Å²) in [6.07, 6.45) is 10.5. The molecule has 1 aromatic carbocycles. The van der Waals surface area contributed by atoms with E-state index in [-0.39, 0.29) is 28.8 Å². The summed E-state index contributed by atoms with van der Waals surface area (Å²) in [4.78, 5) is 27.1. The van der Waals surface area contributed by atoms with Crippen LogP contribution in [0.1, 0.15) is 50.5 Å². The number of halogens is 1. The zero-order valence-corrected chi connectivity index (χ0v) is 23.0. The van der Waals surface area contributed by atoms with Gasteiger partial charge in [-0.15, -0.1) is 11.3 Å². The fraction of sp³-hybridized carbons (Fsp3) is 0.536. The summed E-state index contributed by atoms with van der Waals surface area (Å²) in [7, 11) is 0. The average molecular weight is 553 g/mol. The van der Waals surface area contributed by atoms with Crippen LogP contribution in [0.15, 0.2) is 47.0 Å². The molecule has 4 bridgehead atoms. The number of aromatic amines is 1. The minimum Gasteiger partial charge on any atom is -0.489 e. The molecule has 8 nitrogen and oxygen atoms in total. The van der Waals surface area contributed by atoms with Crippen LogP contribution < -0.4 is 25.8 Å². The van der Waals surface area contributed by atoms with Gasteiger partial charge in [0.2, 0.25) is 0 Å². The Hall–Kier alpha value is -2.62. The second kappa shape index (κ2) is 9.24. The van der Waals surface area contributed by atoms with E-state index in [0.717, 1.165) is 29.5 Å². The zero-order valence-electron chi connectivity index (χ0n) is 21.5. The molecular weight excluding hydrogens is 520 g/mol. The molecule has 200 valence electrons. The van der Waals surface area contributed by atoms with Gasteiger partial charge in [0.25, 0.3) is 5.56 Å². The number of hydrogen-bond donors (Lipinski definition) is 3. The van der Waals surface area contributed by atoms with E-state index in [1.54, 1.807) is 11.3 Å². The quantitative estimate of drug-likeness (QED) is 0.360. The van der Waals surface area contributed by atoms with E-state index in [1.165, 1.54) is 38.4 Å². The first-order valence-electron chi connectivity index (χ1n) is 13.6. The summed E-state index contributed by atoms with van der Waals surface area (Å²) in [6, 6.07) is 7.47. The van der Waals surface area contributed by atoms with Crippen LogP contribution in [-0.2, 0) is 6.54 Å². The predicted octanol–water partition coefficient (Wildman–Crippen LogP) is 5.03. The third-order valence-corrected chi connectivity index (χ3v) is 10.1. The van der Waals surface area contributed by atoms with E-state index in [4.69, 9.17) is 16.3 Å². The summed E-state index contributed by atoms with van der Waals surface area (Å²) in [6.45, 7) is 3.52. The number of hydrogen-bond acceptors (Lipinski definition) is 8. The Morgan fingerprint density at radius 1 is 1.21 bits per heavy atom. The predicted molar refractivity (Wildman–Crippen MR) is 150 cm³/mol. The van der Waals surface area contributed by atoms with Gasteiger partial charge < -0.3 is 25.3 Å². The first-order valence-corrected chi connectivity index (χ1v) is 14.8. The lowest BCUT2D eigenvalue weighted by Gasteiger charge is -2.64. The number of fused-ring (bicyclic) bond motifs is 1. The van der Waals surface area contributed by atoms with E-state index in [0.29, 0.717) is 29.1 Å². The van der Waals surface area contributed by atoms with Gasteiger partial charge in [0, 0.05) is 34.1 Å². The number of benzene rings is 1. The first-order chi connectivity index (χ1) is 18.4. The van der Waals surface area contributed by atoms with Crippen LogP contribution in [0.5, 0.6) is 5.75 Å². The number of nitrogens with zero attached hydrogens (tertiary/aromatic N) is 3. The summed E-state index contributed by atoms with van der Waals surface area (Å²) in [5, 5.41) is 11.5. The van der Waals surface area contributed by atoms with Crippen LogP contribution in [0, 0.1) is 17.3 Å². The van der Waals surface area contributed by atoms with E-state index in [9.17, 15) is 4.79 Å². The maximum Gasteiger partial charge on any atom is 0.276 e. The van der Waals surface area contributed by atoms with Crippen LogP contribution in [0.4, 0.5) is 11.5 Å². The largest absolute Gasteiger partial charge is 0.489 e. The number of nitrogens with one attached hydrogen (secondary N) is 3. The standard InChI is InChI=1S/C28H33ClN6O2S/c1-17(37-21-4-2-20(29)3-5-21)14-35-24-23(25(36)32-16-31-24)34-26(35)27-9-18-8-19(10-27)12-28(11-18,15-27)33-13-22-30-6-7-38-22/h2-7,16-19,26,33-34H,8-15H2,1H3,(H,31,32,36). The smallest absolute Gasteiger partial charge is 0.276 e. The summed E-state index contributed by atoms with van der Waals surface area (Å²) in [5.41, 5.74) is 0.628. The normalized spacial score (nSPS) is 31.7. The maximum absolute atomic E-state index is 12.9. The van der Waals surface area contributed by atoms with Crippen molar-refractivity contribution in [3.63, 3.8) is 0 Å². The Labute approximate surface area is 231 Å². The molecule has 4 atom stereocenters. The number of ether oxygens (including phenoxy) is 1. The molecule has 0 amide bonds. The lowest BCUT2D eigenvalue weighted by Crippen LogP contribution is -2.67. The highest BCUT2D eigenvalue weighted by Gasteiger charge is 2.62. The Balaban J connectivity index is 1.18. The van der Waals surface area contributed by atoms with Gasteiger partial charge in [-0.3, -0.25) is 4.79 Å². The highest BCUT2D eigenvalue weighted by molar-refractivity contribution is 7.09. The fourth-order valence-corrected chi connectivity index (χ4v) is 8.96. The van der Waals surface area contributed by atoms with Crippen molar-refractivity contribution >= 4 is 34.4 Å². The van der Waals surface area contributed by atoms with Gasteiger partial charge in [-0.25, -0.2) is 9.97 Å². The van der Waals surface area contributed by atoms with Crippen molar-refractivity contribution in [2.75, 3.05) is 16.8 Å². The van der Waals surface area contributed by atoms with Crippen molar-refractivity contribution in [3.8, 4) is 5.75 Å². The van der Waals surface area contributed by atoms with E-state index < -0.39 is 0 Å². The molecule has 4 saturated carbocycles. The molecule has 8 rings (SSSR count). The van der Waals surface area contributed by atoms with Crippen LogP contribution in [0.25, 0.3) is 0 Å². The molecule has 0 spiro atoms. The monoisotopic (exact) mass is 552 g/mol. The van der Waals surface area contributed by atoms with Gasteiger partial charge in [-0.2, -0.15) is 0 Å². The van der Waals surface area contributed by atoms with Gasteiger partial charge in [-0.1, -0.05) is 11.6 Å². The van der Waals surface area contributed by atoms with Gasteiger partial charge >= 0.3 is 0 Å². The number of rotatable bonds is 8. The molecule has 1 aliphatic heterocycles. The Bertz CT molecular complexity index is 1350. The van der Waals surface area contributed by atoms with Crippen molar-refractivity contribution in [3.05, 3.63) is 62.6 Å². The van der Waals surface area contributed by atoms with Gasteiger partial charge in [0.05, 0.1) is 12.9 Å². The topological polar surface area (TPSA) is 95.2 Å². The lowest BCUT2D eigenvalue weighted by atomic mass is 9.46. The van der Waals surface area contributed by atoms with Crippen LogP contribution in [-0.4, -0.2) is 39.3 Å². The summed E-state index contributed by atoms with van der Waals surface area (Å²) < 4.78 is 6.28. The molecule has 3 heterocycles. The van der Waals surface area contributed by atoms with Crippen LogP contribution in [0.3, 0.4) is 0 Å². The second-order valence-corrected chi connectivity index (χ2v) is 13.3. The molecule has 2 aromatic heterocycles. The molecule has 4 unspecified atom stereocenters. The van der Waals surface area contributed by atoms with E-state index in [1.807, 2.05) is 35.8 Å². The fourth-order valence-electron chi connectivity index (χ4n) is 8.27. The molecule has 0 radical (unpaired) electrons. The number of aromatic nitrogens is 3. The molecule has 4 aliphatic carbocycles. The molecular formula is C28H33ClN6O2S. The van der Waals surface area contributed by atoms with E-state index >= 15 is 0 Å². The SMILES string of the molecule is CC(CN1c2nc[nH]c(=O)c2NC1C12CC3CC(CC(NCc4nccs4)(C3)C1)C2)Oc1ccc(Cl)cc1. The molecule has 5 aliphatic rings. The van der Waals surface area contributed by atoms with Crippen LogP contribution in [0.2, 0.25) is 5.02 Å².